The Hall–Kier alpha value is -2.21. The maximum absolute atomic E-state index is 13.3. The molecular formula is C19H21F4N3O3S. The van der Waals surface area contributed by atoms with E-state index >= 15 is 0 Å². The number of halogens is 4. The molecule has 1 heterocycles. The Morgan fingerprint density at radius 2 is 1.63 bits per heavy atom. The van der Waals surface area contributed by atoms with Gasteiger partial charge in [0.2, 0.25) is 10.0 Å². The second-order valence-corrected chi connectivity index (χ2v) is 8.49. The number of ether oxygens (including phenoxy) is 1. The fourth-order valence-electron chi connectivity index (χ4n) is 3.23. The van der Waals surface area contributed by atoms with Gasteiger partial charge in [-0.05, 0) is 42.0 Å². The van der Waals surface area contributed by atoms with Gasteiger partial charge in [-0.2, -0.15) is 0 Å². The summed E-state index contributed by atoms with van der Waals surface area (Å²) in [5.41, 5.74) is 0.759. The van der Waals surface area contributed by atoms with Crippen LogP contribution in [0.15, 0.2) is 53.4 Å². The van der Waals surface area contributed by atoms with Gasteiger partial charge in [0.05, 0.1) is 4.90 Å². The Morgan fingerprint density at radius 1 is 1.03 bits per heavy atom. The Bertz CT molecular complexity index is 929. The Labute approximate surface area is 171 Å². The van der Waals surface area contributed by atoms with Crippen LogP contribution in [0.1, 0.15) is 11.6 Å². The summed E-state index contributed by atoms with van der Waals surface area (Å²) in [5.74, 6) is -0.897. The zero-order chi connectivity index (χ0) is 21.8. The van der Waals surface area contributed by atoms with E-state index in [0.717, 1.165) is 42.9 Å². The van der Waals surface area contributed by atoms with Gasteiger partial charge in [0.15, 0.2) is 0 Å². The van der Waals surface area contributed by atoms with Crippen molar-refractivity contribution in [2.75, 3.05) is 32.7 Å². The van der Waals surface area contributed by atoms with E-state index in [9.17, 15) is 26.0 Å². The molecule has 3 rings (SSSR count). The summed E-state index contributed by atoms with van der Waals surface area (Å²) in [4.78, 5) is 1.90. The first-order valence-corrected chi connectivity index (χ1v) is 10.7. The molecule has 0 unspecified atom stereocenters. The summed E-state index contributed by atoms with van der Waals surface area (Å²) in [6.45, 7) is 2.88. The zero-order valence-electron chi connectivity index (χ0n) is 15.8. The first-order valence-electron chi connectivity index (χ1n) is 9.20. The predicted octanol–water partition coefficient (Wildman–Crippen LogP) is 2.65. The first-order chi connectivity index (χ1) is 14.1. The number of nitrogens with one attached hydrogen (secondary N) is 2. The normalized spacial score (nSPS) is 16.9. The SMILES string of the molecule is O=S(=O)(NC[C@@H](c1ccc(F)cc1)N1CCNCC1)c1ccc(OC(F)(F)F)cc1. The average molecular weight is 447 g/mol. The van der Waals surface area contributed by atoms with Gasteiger partial charge in [-0.1, -0.05) is 12.1 Å². The lowest BCUT2D eigenvalue weighted by Gasteiger charge is -2.35. The van der Waals surface area contributed by atoms with E-state index in [1.165, 1.54) is 12.1 Å². The fraction of sp³-hybridized carbons (Fsp3) is 0.368. The molecule has 1 aliphatic rings. The van der Waals surface area contributed by atoms with Crippen LogP contribution in [0.25, 0.3) is 0 Å². The lowest BCUT2D eigenvalue weighted by atomic mass is 10.0. The third-order valence-electron chi connectivity index (χ3n) is 4.68. The van der Waals surface area contributed by atoms with E-state index in [-0.39, 0.29) is 23.3 Å². The molecule has 0 spiro atoms. The van der Waals surface area contributed by atoms with Crippen molar-refractivity contribution in [2.24, 2.45) is 0 Å². The average Bonchev–Trinajstić information content (AvgIpc) is 2.69. The van der Waals surface area contributed by atoms with Crippen molar-refractivity contribution in [1.29, 1.82) is 0 Å². The molecule has 0 aromatic heterocycles. The van der Waals surface area contributed by atoms with Gasteiger partial charge >= 0.3 is 6.36 Å². The van der Waals surface area contributed by atoms with Crippen LogP contribution >= 0.6 is 0 Å². The van der Waals surface area contributed by atoms with Gasteiger partial charge in [-0.15, -0.1) is 13.2 Å². The molecule has 1 atom stereocenters. The number of rotatable bonds is 7. The number of alkyl halides is 3. The topological polar surface area (TPSA) is 70.7 Å². The smallest absolute Gasteiger partial charge is 0.406 e. The number of hydrogen-bond acceptors (Lipinski definition) is 5. The van der Waals surface area contributed by atoms with Crippen molar-refractivity contribution in [2.45, 2.75) is 17.3 Å². The van der Waals surface area contributed by atoms with E-state index < -0.39 is 22.1 Å². The quantitative estimate of drug-likeness (QED) is 0.639. The van der Waals surface area contributed by atoms with Crippen molar-refractivity contribution >= 4 is 10.0 Å². The number of sulfonamides is 1. The maximum atomic E-state index is 13.3. The lowest BCUT2D eigenvalue weighted by molar-refractivity contribution is -0.274. The van der Waals surface area contributed by atoms with Crippen LogP contribution in [0.3, 0.4) is 0 Å². The molecule has 2 aromatic rings. The van der Waals surface area contributed by atoms with Crippen LogP contribution < -0.4 is 14.8 Å². The van der Waals surface area contributed by atoms with E-state index in [0.29, 0.717) is 13.1 Å². The van der Waals surface area contributed by atoms with E-state index in [1.54, 1.807) is 12.1 Å². The second kappa shape index (κ2) is 9.29. The minimum absolute atomic E-state index is 0.0226. The molecule has 11 heteroatoms. The van der Waals surface area contributed by atoms with E-state index in [2.05, 4.69) is 19.7 Å². The number of benzene rings is 2. The highest BCUT2D eigenvalue weighted by molar-refractivity contribution is 7.89. The molecule has 6 nitrogen and oxygen atoms in total. The van der Waals surface area contributed by atoms with Gasteiger partial charge in [-0.25, -0.2) is 17.5 Å². The van der Waals surface area contributed by atoms with Crippen LogP contribution in [-0.4, -0.2) is 52.4 Å². The highest BCUT2D eigenvalue weighted by Gasteiger charge is 2.31. The lowest BCUT2D eigenvalue weighted by Crippen LogP contribution is -2.48. The van der Waals surface area contributed by atoms with E-state index in [4.69, 9.17) is 0 Å². The summed E-state index contributed by atoms with van der Waals surface area (Å²) < 4.78 is 81.6. The fourth-order valence-corrected chi connectivity index (χ4v) is 4.27. The van der Waals surface area contributed by atoms with Gasteiger partial charge < -0.3 is 10.1 Å². The van der Waals surface area contributed by atoms with Gasteiger partial charge in [0.25, 0.3) is 0 Å². The highest BCUT2D eigenvalue weighted by atomic mass is 32.2. The molecule has 0 amide bonds. The van der Waals surface area contributed by atoms with E-state index in [1.807, 2.05) is 0 Å². The van der Waals surface area contributed by atoms with Crippen LogP contribution in [-0.2, 0) is 10.0 Å². The standard InChI is InChI=1S/C19H21F4N3O3S/c20-15-3-1-14(2-4-15)18(26-11-9-24-10-12-26)13-25-30(27,28)17-7-5-16(6-8-17)29-19(21,22)23/h1-8,18,24-25H,9-13H2/t18-/m0/s1. The largest absolute Gasteiger partial charge is 0.573 e. The third kappa shape index (κ3) is 6.14. The number of hydrogen-bond donors (Lipinski definition) is 2. The maximum Gasteiger partial charge on any atom is 0.573 e. The van der Waals surface area contributed by atoms with Crippen molar-refractivity contribution in [3.63, 3.8) is 0 Å². The summed E-state index contributed by atoms with van der Waals surface area (Å²) in [7, 11) is -3.97. The molecule has 164 valence electrons. The predicted molar refractivity (Wildman–Crippen MR) is 102 cm³/mol. The van der Waals surface area contributed by atoms with Crippen molar-refractivity contribution in [3.05, 3.63) is 59.9 Å². The van der Waals surface area contributed by atoms with Gasteiger partial charge in [0.1, 0.15) is 11.6 Å². The molecule has 0 radical (unpaired) electrons. The second-order valence-electron chi connectivity index (χ2n) is 6.72. The molecule has 1 saturated heterocycles. The van der Waals surface area contributed by atoms with Crippen LogP contribution in [0.4, 0.5) is 17.6 Å². The summed E-state index contributed by atoms with van der Waals surface area (Å²) in [6, 6.07) is 9.50. The third-order valence-corrected chi connectivity index (χ3v) is 6.12. The highest BCUT2D eigenvalue weighted by Crippen LogP contribution is 2.25. The van der Waals surface area contributed by atoms with Crippen molar-refractivity contribution < 1.29 is 30.7 Å². The molecule has 0 saturated carbocycles. The molecule has 30 heavy (non-hydrogen) atoms. The molecule has 2 aromatic carbocycles. The minimum Gasteiger partial charge on any atom is -0.406 e. The molecule has 1 fully saturated rings. The molecule has 2 N–H and O–H groups in total. The molecule has 1 aliphatic heterocycles. The number of nitrogens with zero attached hydrogens (tertiary/aromatic N) is 1. The van der Waals surface area contributed by atoms with Crippen molar-refractivity contribution in [3.8, 4) is 5.75 Å². The Balaban J connectivity index is 1.74. The van der Waals surface area contributed by atoms with Crippen molar-refractivity contribution in [1.82, 2.24) is 14.9 Å². The summed E-state index contributed by atoms with van der Waals surface area (Å²) in [5, 5.41) is 3.22. The monoisotopic (exact) mass is 447 g/mol. The zero-order valence-corrected chi connectivity index (χ0v) is 16.6. The summed E-state index contributed by atoms with van der Waals surface area (Å²) >= 11 is 0. The summed E-state index contributed by atoms with van der Waals surface area (Å²) in [6.07, 6.45) is -4.86. The first kappa shape index (κ1) is 22.5. The van der Waals surface area contributed by atoms with Crippen LogP contribution in [0.5, 0.6) is 5.75 Å². The minimum atomic E-state index is -4.86. The Kier molecular flexibility index (Phi) is 6.96. The molecular weight excluding hydrogens is 426 g/mol. The number of piperazine rings is 1. The van der Waals surface area contributed by atoms with Gasteiger partial charge in [0, 0.05) is 38.8 Å². The molecule has 0 aliphatic carbocycles. The molecule has 0 bridgehead atoms. The van der Waals surface area contributed by atoms with Crippen LogP contribution in [0.2, 0.25) is 0 Å². The van der Waals surface area contributed by atoms with Gasteiger partial charge in [-0.3, -0.25) is 4.90 Å². The Morgan fingerprint density at radius 3 is 2.20 bits per heavy atom. The van der Waals surface area contributed by atoms with Crippen LogP contribution in [0, 0.1) is 5.82 Å².